The molecule has 1 fully saturated rings. The van der Waals surface area contributed by atoms with E-state index in [1.54, 1.807) is 0 Å². The second-order valence-electron chi connectivity index (χ2n) is 5.71. The molecule has 0 radical (unpaired) electrons. The highest BCUT2D eigenvalue weighted by Crippen LogP contribution is 2.44. The molecule has 0 spiro atoms. The summed E-state index contributed by atoms with van der Waals surface area (Å²) in [6.07, 6.45) is 1.83. The van der Waals surface area contributed by atoms with Crippen molar-refractivity contribution in [3.63, 3.8) is 0 Å². The second-order valence-corrected chi connectivity index (χ2v) is 5.71. The molecule has 1 heterocycles. The van der Waals surface area contributed by atoms with Crippen molar-refractivity contribution in [1.82, 2.24) is 9.78 Å². The average molecular weight is 287 g/mol. The van der Waals surface area contributed by atoms with E-state index in [4.69, 9.17) is 0 Å². The summed E-state index contributed by atoms with van der Waals surface area (Å²) in [5, 5.41) is 15.9. The van der Waals surface area contributed by atoms with Gasteiger partial charge in [-0.25, -0.2) is 4.68 Å². The topological polar surface area (TPSA) is 67.2 Å². The normalized spacial score (nSPS) is 17.9. The van der Waals surface area contributed by atoms with Crippen LogP contribution in [0.25, 0.3) is 0 Å². The lowest BCUT2D eigenvalue weighted by atomic mass is 9.75. The number of alkyl halides is 2. The molecule has 7 heteroatoms. The summed E-state index contributed by atoms with van der Waals surface area (Å²) >= 11 is 0. The molecule has 0 atom stereocenters. The minimum Gasteiger partial charge on any atom is -0.383 e. The number of nitrogens with zero attached hydrogens (tertiary/aromatic N) is 2. The SMILES string of the molecule is CC(C)Cn1nccc1NC(=O)C(F)(F)C1(O)CCC1. The molecule has 20 heavy (non-hydrogen) atoms. The first-order valence-electron chi connectivity index (χ1n) is 6.70. The van der Waals surface area contributed by atoms with Crippen molar-refractivity contribution in [1.29, 1.82) is 0 Å². The van der Waals surface area contributed by atoms with E-state index in [2.05, 4.69) is 10.4 Å². The van der Waals surface area contributed by atoms with Gasteiger partial charge in [-0.1, -0.05) is 13.8 Å². The summed E-state index contributed by atoms with van der Waals surface area (Å²) < 4.78 is 29.3. The van der Waals surface area contributed by atoms with Crippen molar-refractivity contribution in [3.05, 3.63) is 12.3 Å². The zero-order valence-corrected chi connectivity index (χ0v) is 11.6. The second kappa shape index (κ2) is 5.12. The summed E-state index contributed by atoms with van der Waals surface area (Å²) in [6, 6.07) is 1.46. The van der Waals surface area contributed by atoms with Gasteiger partial charge in [0.05, 0.1) is 6.20 Å². The van der Waals surface area contributed by atoms with E-state index in [0.717, 1.165) is 0 Å². The number of nitrogens with one attached hydrogen (secondary N) is 1. The third-order valence-electron chi connectivity index (χ3n) is 3.55. The molecule has 112 valence electrons. The summed E-state index contributed by atoms with van der Waals surface area (Å²) in [5.74, 6) is -4.79. The molecule has 1 aromatic heterocycles. The van der Waals surface area contributed by atoms with Crippen molar-refractivity contribution in [2.75, 3.05) is 5.32 Å². The summed E-state index contributed by atoms with van der Waals surface area (Å²) in [5.41, 5.74) is -2.21. The van der Waals surface area contributed by atoms with Crippen LogP contribution in [0.3, 0.4) is 0 Å². The van der Waals surface area contributed by atoms with E-state index >= 15 is 0 Å². The predicted molar refractivity (Wildman–Crippen MR) is 69.4 cm³/mol. The van der Waals surface area contributed by atoms with Crippen LogP contribution in [0.15, 0.2) is 12.3 Å². The maximum absolute atomic E-state index is 13.9. The molecule has 5 nitrogen and oxygen atoms in total. The van der Waals surface area contributed by atoms with Crippen molar-refractivity contribution in [2.24, 2.45) is 5.92 Å². The van der Waals surface area contributed by atoms with Gasteiger partial charge in [-0.2, -0.15) is 13.9 Å². The fourth-order valence-electron chi connectivity index (χ4n) is 2.16. The Morgan fingerprint density at radius 2 is 2.25 bits per heavy atom. The van der Waals surface area contributed by atoms with E-state index in [1.165, 1.54) is 16.9 Å². The lowest BCUT2D eigenvalue weighted by Gasteiger charge is -2.41. The molecular weight excluding hydrogens is 268 g/mol. The van der Waals surface area contributed by atoms with E-state index in [-0.39, 0.29) is 24.6 Å². The highest BCUT2D eigenvalue weighted by atomic mass is 19.3. The Bertz CT molecular complexity index is 496. The number of carbonyl (C=O) groups is 1. The number of halogens is 2. The summed E-state index contributed by atoms with van der Waals surface area (Å²) in [4.78, 5) is 11.7. The Morgan fingerprint density at radius 1 is 1.60 bits per heavy atom. The summed E-state index contributed by atoms with van der Waals surface area (Å²) in [7, 11) is 0. The van der Waals surface area contributed by atoms with Gasteiger partial charge in [0.2, 0.25) is 0 Å². The van der Waals surface area contributed by atoms with Crippen LogP contribution in [0.1, 0.15) is 33.1 Å². The minimum atomic E-state index is -3.79. The highest BCUT2D eigenvalue weighted by Gasteiger charge is 2.61. The van der Waals surface area contributed by atoms with Gasteiger partial charge < -0.3 is 10.4 Å². The Balaban J connectivity index is 2.10. The number of hydrogen-bond donors (Lipinski definition) is 2. The number of rotatable bonds is 5. The van der Waals surface area contributed by atoms with Gasteiger partial charge in [0, 0.05) is 12.6 Å². The van der Waals surface area contributed by atoms with E-state index < -0.39 is 17.4 Å². The van der Waals surface area contributed by atoms with Crippen LogP contribution < -0.4 is 5.32 Å². The molecular formula is C13H19F2N3O2. The Hall–Kier alpha value is -1.50. The molecule has 0 saturated heterocycles. The van der Waals surface area contributed by atoms with Gasteiger partial charge in [-0.3, -0.25) is 4.79 Å². The van der Waals surface area contributed by atoms with Crippen molar-refractivity contribution in [3.8, 4) is 0 Å². The van der Waals surface area contributed by atoms with Gasteiger partial charge in [0.25, 0.3) is 5.91 Å². The Morgan fingerprint density at radius 3 is 2.75 bits per heavy atom. The standard InChI is InChI=1S/C13H19F2N3O2/c1-9(2)8-18-10(4-7-16-18)17-11(19)13(14,15)12(20)5-3-6-12/h4,7,9,20H,3,5-6,8H2,1-2H3,(H,17,19). The molecule has 1 aliphatic carbocycles. The lowest BCUT2D eigenvalue weighted by Crippen LogP contribution is -2.59. The molecule has 1 aromatic rings. The third-order valence-corrected chi connectivity index (χ3v) is 3.55. The van der Waals surface area contributed by atoms with Crippen LogP contribution in [-0.4, -0.2) is 32.3 Å². The molecule has 0 aliphatic heterocycles. The largest absolute Gasteiger partial charge is 0.383 e. The maximum atomic E-state index is 13.9. The van der Waals surface area contributed by atoms with Gasteiger partial charge in [-0.15, -0.1) is 0 Å². The number of carbonyl (C=O) groups excluding carboxylic acids is 1. The van der Waals surface area contributed by atoms with Crippen LogP contribution in [-0.2, 0) is 11.3 Å². The molecule has 0 unspecified atom stereocenters. The van der Waals surface area contributed by atoms with Gasteiger partial charge >= 0.3 is 5.92 Å². The molecule has 0 aromatic carbocycles. The van der Waals surface area contributed by atoms with Crippen LogP contribution in [0.5, 0.6) is 0 Å². The minimum absolute atomic E-state index is 0.0569. The third kappa shape index (κ3) is 2.54. The van der Waals surface area contributed by atoms with Crippen molar-refractivity contribution >= 4 is 11.7 Å². The molecule has 0 bridgehead atoms. The Labute approximate surface area is 116 Å². The smallest absolute Gasteiger partial charge is 0.352 e. The number of anilines is 1. The van der Waals surface area contributed by atoms with Crippen LogP contribution in [0.4, 0.5) is 14.6 Å². The molecule has 1 saturated carbocycles. The molecule has 2 N–H and O–H groups in total. The monoisotopic (exact) mass is 287 g/mol. The number of aliphatic hydroxyl groups is 1. The van der Waals surface area contributed by atoms with Crippen molar-refractivity contribution < 1.29 is 18.7 Å². The van der Waals surface area contributed by atoms with E-state index in [9.17, 15) is 18.7 Å². The van der Waals surface area contributed by atoms with Crippen molar-refractivity contribution in [2.45, 2.75) is 51.2 Å². The van der Waals surface area contributed by atoms with E-state index in [0.29, 0.717) is 13.0 Å². The van der Waals surface area contributed by atoms with Crippen LogP contribution in [0.2, 0.25) is 0 Å². The average Bonchev–Trinajstić information content (AvgIpc) is 2.72. The Kier molecular flexibility index (Phi) is 3.82. The fraction of sp³-hybridized carbons (Fsp3) is 0.692. The fourth-order valence-corrected chi connectivity index (χ4v) is 2.16. The van der Waals surface area contributed by atoms with Gasteiger partial charge in [-0.05, 0) is 25.2 Å². The number of amides is 1. The predicted octanol–water partition coefficient (Wildman–Crippen LogP) is 2.03. The lowest BCUT2D eigenvalue weighted by molar-refractivity contribution is -0.212. The number of hydrogen-bond acceptors (Lipinski definition) is 3. The van der Waals surface area contributed by atoms with Crippen LogP contribution in [0, 0.1) is 5.92 Å². The first-order valence-corrected chi connectivity index (χ1v) is 6.70. The van der Waals surface area contributed by atoms with Crippen LogP contribution >= 0.6 is 0 Å². The molecule has 1 aliphatic rings. The van der Waals surface area contributed by atoms with Gasteiger partial charge in [0.1, 0.15) is 11.4 Å². The highest BCUT2D eigenvalue weighted by molar-refractivity contribution is 5.96. The summed E-state index contributed by atoms with van der Waals surface area (Å²) in [6.45, 7) is 4.43. The van der Waals surface area contributed by atoms with Gasteiger partial charge in [0.15, 0.2) is 0 Å². The first-order chi connectivity index (χ1) is 9.26. The molecule has 1 amide bonds. The molecule has 2 rings (SSSR count). The maximum Gasteiger partial charge on any atom is 0.352 e. The quantitative estimate of drug-likeness (QED) is 0.870. The zero-order chi connectivity index (χ0) is 15.0. The van der Waals surface area contributed by atoms with E-state index in [1.807, 2.05) is 13.8 Å². The number of aromatic nitrogens is 2. The zero-order valence-electron chi connectivity index (χ0n) is 11.6. The first kappa shape index (κ1) is 14.9.